The van der Waals surface area contributed by atoms with E-state index in [4.69, 9.17) is 11.6 Å². The lowest BCUT2D eigenvalue weighted by atomic mass is 10.5. The Morgan fingerprint density at radius 2 is 2.25 bits per heavy atom. The third kappa shape index (κ3) is 2.88. The number of pyridine rings is 1. The quantitative estimate of drug-likeness (QED) is 0.518. The number of hydrogen-bond acceptors (Lipinski definition) is 2. The van der Waals surface area contributed by atoms with E-state index in [1.807, 2.05) is 19.0 Å². The molecule has 12 heavy (non-hydrogen) atoms. The Morgan fingerprint density at radius 1 is 1.50 bits per heavy atom. The molecule has 0 unspecified atom stereocenters. The lowest BCUT2D eigenvalue weighted by Gasteiger charge is -2.01. The van der Waals surface area contributed by atoms with Gasteiger partial charge in [0.25, 0.3) is 0 Å². The van der Waals surface area contributed by atoms with Crippen LogP contribution in [0.15, 0.2) is 23.3 Å². The second-order valence-corrected chi connectivity index (χ2v) is 2.98. The summed E-state index contributed by atoms with van der Waals surface area (Å²) < 4.78 is 0. The van der Waals surface area contributed by atoms with Crippen LogP contribution in [-0.4, -0.2) is 30.3 Å². The van der Waals surface area contributed by atoms with Gasteiger partial charge in [0.15, 0.2) is 5.82 Å². The van der Waals surface area contributed by atoms with E-state index < -0.39 is 0 Å². The third-order valence-electron chi connectivity index (χ3n) is 1.13. The molecule has 0 aliphatic rings. The summed E-state index contributed by atoms with van der Waals surface area (Å²) >= 11 is 5.65. The van der Waals surface area contributed by atoms with Crippen LogP contribution in [0.3, 0.4) is 0 Å². The van der Waals surface area contributed by atoms with Gasteiger partial charge in [-0.3, -0.25) is 0 Å². The number of nitrogens with zero attached hydrogens (tertiary/aromatic N) is 3. The van der Waals surface area contributed by atoms with Gasteiger partial charge >= 0.3 is 0 Å². The maximum Gasteiger partial charge on any atom is 0.153 e. The van der Waals surface area contributed by atoms with Crippen LogP contribution < -0.4 is 0 Å². The molecule has 0 radical (unpaired) electrons. The number of aromatic nitrogens is 1. The molecule has 0 saturated carbocycles. The van der Waals surface area contributed by atoms with Crippen molar-refractivity contribution in [2.45, 2.75) is 0 Å². The van der Waals surface area contributed by atoms with Crippen molar-refractivity contribution < 1.29 is 0 Å². The number of halogens is 1. The van der Waals surface area contributed by atoms with Crippen molar-refractivity contribution >= 4 is 23.8 Å². The Morgan fingerprint density at radius 3 is 2.75 bits per heavy atom. The fraction of sp³-hybridized carbons (Fsp3) is 0.250. The van der Waals surface area contributed by atoms with Gasteiger partial charge in [0.2, 0.25) is 0 Å². The van der Waals surface area contributed by atoms with Crippen molar-refractivity contribution in [2.75, 3.05) is 14.1 Å². The molecule has 1 aromatic rings. The van der Waals surface area contributed by atoms with E-state index in [2.05, 4.69) is 9.98 Å². The molecular weight excluding hydrogens is 174 g/mol. The molecule has 0 aliphatic heterocycles. The Labute approximate surface area is 76.7 Å². The summed E-state index contributed by atoms with van der Waals surface area (Å²) in [6, 6.07) is 3.53. The van der Waals surface area contributed by atoms with E-state index in [-0.39, 0.29) is 0 Å². The van der Waals surface area contributed by atoms with Crippen molar-refractivity contribution in [2.24, 2.45) is 4.99 Å². The number of hydrogen-bond donors (Lipinski definition) is 0. The second-order valence-electron chi connectivity index (χ2n) is 2.54. The van der Waals surface area contributed by atoms with E-state index in [0.717, 1.165) is 0 Å². The van der Waals surface area contributed by atoms with E-state index in [1.165, 1.54) is 0 Å². The summed E-state index contributed by atoms with van der Waals surface area (Å²) in [5, 5.41) is 0.624. The molecule has 0 spiro atoms. The van der Waals surface area contributed by atoms with Gasteiger partial charge in [-0.1, -0.05) is 11.6 Å². The maximum absolute atomic E-state index is 5.65. The lowest BCUT2D eigenvalue weighted by Crippen LogP contribution is -2.07. The molecule has 4 heteroatoms. The molecular formula is C8H10ClN3. The first-order valence-electron chi connectivity index (χ1n) is 3.50. The van der Waals surface area contributed by atoms with Crippen LogP contribution in [-0.2, 0) is 0 Å². The molecule has 0 fully saturated rings. The van der Waals surface area contributed by atoms with Gasteiger partial charge in [-0.2, -0.15) is 0 Å². The van der Waals surface area contributed by atoms with Gasteiger partial charge in [-0.15, -0.1) is 0 Å². The predicted octanol–water partition coefficient (Wildman–Crippen LogP) is 1.96. The van der Waals surface area contributed by atoms with Crippen molar-refractivity contribution in [1.82, 2.24) is 9.88 Å². The smallest absolute Gasteiger partial charge is 0.153 e. The molecule has 0 saturated heterocycles. The van der Waals surface area contributed by atoms with E-state index in [0.29, 0.717) is 10.8 Å². The molecule has 0 bridgehead atoms. The van der Waals surface area contributed by atoms with Crippen molar-refractivity contribution in [1.29, 1.82) is 0 Å². The van der Waals surface area contributed by atoms with E-state index in [1.54, 1.807) is 24.7 Å². The third-order valence-corrected chi connectivity index (χ3v) is 1.36. The zero-order chi connectivity index (χ0) is 8.97. The molecule has 3 nitrogen and oxygen atoms in total. The van der Waals surface area contributed by atoms with Crippen LogP contribution in [0.4, 0.5) is 5.82 Å². The lowest BCUT2D eigenvalue weighted by molar-refractivity contribution is 0.643. The molecule has 0 amide bonds. The molecule has 0 N–H and O–H groups in total. The number of aliphatic imine (C=N–C) groups is 1. The Kier molecular flexibility index (Phi) is 3.05. The average Bonchev–Trinajstić information content (AvgIpc) is 2.03. The summed E-state index contributed by atoms with van der Waals surface area (Å²) in [5.74, 6) is 0.660. The topological polar surface area (TPSA) is 28.5 Å². The zero-order valence-electron chi connectivity index (χ0n) is 7.03. The molecule has 0 atom stereocenters. The number of rotatable bonds is 2. The molecule has 1 heterocycles. The Bertz CT molecular complexity index is 266. The highest BCUT2D eigenvalue weighted by Crippen LogP contribution is 2.11. The summed E-state index contributed by atoms with van der Waals surface area (Å²) in [5.41, 5.74) is 0. The normalized spacial score (nSPS) is 10.6. The highest BCUT2D eigenvalue weighted by Gasteiger charge is 1.89. The van der Waals surface area contributed by atoms with Crippen LogP contribution in [0.1, 0.15) is 0 Å². The Balaban J connectivity index is 2.71. The average molecular weight is 184 g/mol. The minimum Gasteiger partial charge on any atom is -0.369 e. The minimum atomic E-state index is 0.624. The second kappa shape index (κ2) is 4.07. The zero-order valence-corrected chi connectivity index (χ0v) is 7.78. The van der Waals surface area contributed by atoms with Crippen LogP contribution in [0, 0.1) is 0 Å². The van der Waals surface area contributed by atoms with Crippen LogP contribution >= 0.6 is 11.6 Å². The first-order valence-corrected chi connectivity index (χ1v) is 3.88. The fourth-order valence-corrected chi connectivity index (χ4v) is 0.731. The van der Waals surface area contributed by atoms with E-state index in [9.17, 15) is 0 Å². The van der Waals surface area contributed by atoms with Gasteiger partial charge < -0.3 is 4.90 Å². The molecule has 64 valence electrons. The van der Waals surface area contributed by atoms with Crippen molar-refractivity contribution in [3.8, 4) is 0 Å². The largest absolute Gasteiger partial charge is 0.369 e. The fourth-order valence-electron chi connectivity index (χ4n) is 0.619. The highest BCUT2D eigenvalue weighted by atomic mass is 35.5. The first-order chi connectivity index (χ1) is 5.68. The molecule has 0 aliphatic carbocycles. The van der Waals surface area contributed by atoms with Crippen LogP contribution in [0.2, 0.25) is 5.02 Å². The summed E-state index contributed by atoms with van der Waals surface area (Å²) in [6.45, 7) is 0. The van der Waals surface area contributed by atoms with Gasteiger partial charge in [-0.25, -0.2) is 9.98 Å². The molecule has 1 aromatic heterocycles. The maximum atomic E-state index is 5.65. The monoisotopic (exact) mass is 183 g/mol. The molecule has 1 rings (SSSR count). The van der Waals surface area contributed by atoms with Gasteiger partial charge in [0.05, 0.1) is 11.4 Å². The van der Waals surface area contributed by atoms with Crippen LogP contribution in [0.5, 0.6) is 0 Å². The summed E-state index contributed by atoms with van der Waals surface area (Å²) in [7, 11) is 3.80. The van der Waals surface area contributed by atoms with Gasteiger partial charge in [0.1, 0.15) is 0 Å². The van der Waals surface area contributed by atoms with Crippen LogP contribution in [0.25, 0.3) is 0 Å². The molecule has 0 aromatic carbocycles. The summed E-state index contributed by atoms with van der Waals surface area (Å²) in [6.07, 6.45) is 3.26. The standard InChI is InChI=1S/C8H10ClN3/c1-12(2)6-11-8-4-3-7(9)5-10-8/h3-6H,1-2H3/b11-6+. The van der Waals surface area contributed by atoms with Crippen molar-refractivity contribution in [3.63, 3.8) is 0 Å². The van der Waals surface area contributed by atoms with E-state index >= 15 is 0 Å². The van der Waals surface area contributed by atoms with Gasteiger partial charge in [-0.05, 0) is 12.1 Å². The highest BCUT2D eigenvalue weighted by molar-refractivity contribution is 6.30. The first kappa shape index (κ1) is 9.00. The SMILES string of the molecule is CN(C)/C=N/c1ccc(Cl)cn1. The predicted molar refractivity (Wildman–Crippen MR) is 51.1 cm³/mol. The van der Waals surface area contributed by atoms with Crippen molar-refractivity contribution in [3.05, 3.63) is 23.4 Å². The minimum absolute atomic E-state index is 0.624. The Hall–Kier alpha value is -1.09. The van der Waals surface area contributed by atoms with Gasteiger partial charge in [0, 0.05) is 20.3 Å². The summed E-state index contributed by atoms with van der Waals surface area (Å²) in [4.78, 5) is 9.92.